The third-order valence-electron chi connectivity index (χ3n) is 13.1. The number of carbonyl (C=O) groups excluding carboxylic acids is 3. The van der Waals surface area contributed by atoms with Crippen LogP contribution in [0.25, 0.3) is 0 Å². The van der Waals surface area contributed by atoms with Crippen LogP contribution in [0.5, 0.6) is 0 Å². The zero-order valence-electron chi connectivity index (χ0n) is 44.9. The Morgan fingerprint density at radius 1 is 0.299 bits per heavy atom. The second kappa shape index (κ2) is 56.2. The van der Waals surface area contributed by atoms with Crippen LogP contribution in [-0.2, 0) is 28.6 Å². The molecule has 1 unspecified atom stereocenters. The number of esters is 3. The Bertz CT molecular complexity index is 1130. The van der Waals surface area contributed by atoms with Crippen LogP contribution in [0.2, 0.25) is 0 Å². The summed E-state index contributed by atoms with van der Waals surface area (Å²) in [6.07, 6.45) is 67.0. The van der Waals surface area contributed by atoms with E-state index in [1.165, 1.54) is 199 Å². The highest BCUT2D eigenvalue weighted by molar-refractivity contribution is 5.71. The van der Waals surface area contributed by atoms with Gasteiger partial charge in [-0.25, -0.2) is 0 Å². The van der Waals surface area contributed by atoms with E-state index in [0.717, 1.165) is 77.0 Å². The van der Waals surface area contributed by atoms with Gasteiger partial charge in [-0.1, -0.05) is 256 Å². The van der Waals surface area contributed by atoms with Gasteiger partial charge in [0, 0.05) is 19.3 Å². The molecule has 67 heavy (non-hydrogen) atoms. The molecule has 6 heteroatoms. The lowest BCUT2D eigenvalue weighted by molar-refractivity contribution is -0.167. The van der Waals surface area contributed by atoms with Crippen molar-refractivity contribution >= 4 is 17.9 Å². The number of hydrogen-bond donors (Lipinski definition) is 0. The zero-order chi connectivity index (χ0) is 48.6. The van der Waals surface area contributed by atoms with E-state index in [0.29, 0.717) is 19.3 Å². The second-order valence-corrected chi connectivity index (χ2v) is 19.9. The van der Waals surface area contributed by atoms with Crippen molar-refractivity contribution in [2.45, 2.75) is 322 Å². The summed E-state index contributed by atoms with van der Waals surface area (Å²) < 4.78 is 16.9. The molecular weight excluding hydrogens is 829 g/mol. The van der Waals surface area contributed by atoms with Crippen molar-refractivity contribution in [3.05, 3.63) is 36.5 Å². The fourth-order valence-corrected chi connectivity index (χ4v) is 8.65. The first-order valence-corrected chi connectivity index (χ1v) is 29.5. The van der Waals surface area contributed by atoms with E-state index in [9.17, 15) is 14.4 Å². The topological polar surface area (TPSA) is 78.9 Å². The molecule has 392 valence electrons. The van der Waals surface area contributed by atoms with E-state index >= 15 is 0 Å². The summed E-state index contributed by atoms with van der Waals surface area (Å²) >= 11 is 0. The molecule has 0 fully saturated rings. The first kappa shape index (κ1) is 64.6. The van der Waals surface area contributed by atoms with Gasteiger partial charge in [-0.2, -0.15) is 0 Å². The minimum atomic E-state index is -0.777. The van der Waals surface area contributed by atoms with Crippen molar-refractivity contribution in [2.75, 3.05) is 13.2 Å². The van der Waals surface area contributed by atoms with Gasteiger partial charge in [0.1, 0.15) is 13.2 Å². The fourth-order valence-electron chi connectivity index (χ4n) is 8.65. The van der Waals surface area contributed by atoms with Crippen molar-refractivity contribution in [3.63, 3.8) is 0 Å². The van der Waals surface area contributed by atoms with Gasteiger partial charge in [-0.15, -0.1) is 0 Å². The quantitative estimate of drug-likeness (QED) is 0.0262. The summed E-state index contributed by atoms with van der Waals surface area (Å²) in [5, 5.41) is 0. The second-order valence-electron chi connectivity index (χ2n) is 19.9. The lowest BCUT2D eigenvalue weighted by atomic mass is 10.0. The predicted octanol–water partition coefficient (Wildman–Crippen LogP) is 19.7. The highest BCUT2D eigenvalue weighted by Crippen LogP contribution is 2.16. The van der Waals surface area contributed by atoms with E-state index in [1.54, 1.807) is 0 Å². The van der Waals surface area contributed by atoms with Gasteiger partial charge in [0.25, 0.3) is 0 Å². The predicted molar refractivity (Wildman–Crippen MR) is 289 cm³/mol. The van der Waals surface area contributed by atoms with Crippen LogP contribution < -0.4 is 0 Å². The summed E-state index contributed by atoms with van der Waals surface area (Å²) in [4.78, 5) is 38.2. The van der Waals surface area contributed by atoms with Crippen LogP contribution in [0.15, 0.2) is 36.5 Å². The first-order chi connectivity index (χ1) is 33.0. The smallest absolute Gasteiger partial charge is 0.306 e. The van der Waals surface area contributed by atoms with E-state index in [1.807, 2.05) is 0 Å². The molecule has 0 bridgehead atoms. The number of carbonyl (C=O) groups is 3. The highest BCUT2D eigenvalue weighted by atomic mass is 16.6. The average molecular weight is 942 g/mol. The van der Waals surface area contributed by atoms with Gasteiger partial charge in [0.2, 0.25) is 0 Å². The Kier molecular flexibility index (Phi) is 54.2. The summed E-state index contributed by atoms with van der Waals surface area (Å²) in [6.45, 7) is 6.64. The molecule has 0 aromatic heterocycles. The van der Waals surface area contributed by atoms with Gasteiger partial charge < -0.3 is 14.2 Å². The molecule has 0 aromatic carbocycles. The molecule has 0 rings (SSSR count). The standard InChI is InChI=1S/C61H112O6/c1-4-7-10-13-16-19-22-25-28-30-33-36-39-42-45-48-51-54-60(63)66-57-58(56-65-59(62)53-50-47-44-41-38-35-32-27-24-21-18-15-12-9-6-3)67-61(64)55-52-49-46-43-40-37-34-31-29-26-23-20-17-14-11-8-5-2/h18,21,25,27-28,32,58H,4-17,19-20,22-24,26,29-31,33-57H2,1-3H3. The molecule has 0 N–H and O–H groups in total. The van der Waals surface area contributed by atoms with Crippen LogP contribution in [-0.4, -0.2) is 37.2 Å². The average Bonchev–Trinajstić information content (AvgIpc) is 3.33. The zero-order valence-corrected chi connectivity index (χ0v) is 44.9. The Hall–Kier alpha value is -2.37. The Morgan fingerprint density at radius 2 is 0.537 bits per heavy atom. The van der Waals surface area contributed by atoms with Crippen molar-refractivity contribution in [3.8, 4) is 0 Å². The molecule has 0 radical (unpaired) electrons. The van der Waals surface area contributed by atoms with Crippen molar-refractivity contribution < 1.29 is 28.6 Å². The molecule has 0 saturated heterocycles. The minimum absolute atomic E-state index is 0.0754. The van der Waals surface area contributed by atoms with Crippen LogP contribution in [0.1, 0.15) is 316 Å². The Labute approximate surface area is 416 Å². The van der Waals surface area contributed by atoms with Gasteiger partial charge in [0.15, 0.2) is 6.10 Å². The Balaban J connectivity index is 4.36. The largest absolute Gasteiger partial charge is 0.462 e. The third-order valence-corrected chi connectivity index (χ3v) is 13.1. The van der Waals surface area contributed by atoms with Crippen molar-refractivity contribution in [1.82, 2.24) is 0 Å². The lowest BCUT2D eigenvalue weighted by Crippen LogP contribution is -2.30. The van der Waals surface area contributed by atoms with Crippen molar-refractivity contribution in [1.29, 1.82) is 0 Å². The number of hydrogen-bond acceptors (Lipinski definition) is 6. The van der Waals surface area contributed by atoms with Gasteiger partial charge in [-0.3, -0.25) is 14.4 Å². The van der Waals surface area contributed by atoms with E-state index < -0.39 is 6.10 Å². The summed E-state index contributed by atoms with van der Waals surface area (Å²) in [7, 11) is 0. The van der Waals surface area contributed by atoms with E-state index in [4.69, 9.17) is 14.2 Å². The maximum Gasteiger partial charge on any atom is 0.306 e. The van der Waals surface area contributed by atoms with Crippen LogP contribution in [0, 0.1) is 0 Å². The first-order valence-electron chi connectivity index (χ1n) is 29.5. The van der Waals surface area contributed by atoms with Gasteiger partial charge >= 0.3 is 17.9 Å². The van der Waals surface area contributed by atoms with Crippen LogP contribution in [0.3, 0.4) is 0 Å². The van der Waals surface area contributed by atoms with E-state index in [2.05, 4.69) is 57.2 Å². The molecule has 0 saturated carbocycles. The summed E-state index contributed by atoms with van der Waals surface area (Å²) in [5.41, 5.74) is 0. The van der Waals surface area contributed by atoms with E-state index in [-0.39, 0.29) is 31.1 Å². The molecule has 0 amide bonds. The molecular formula is C61H112O6. The molecule has 0 aromatic rings. The molecule has 0 aliphatic rings. The molecule has 0 heterocycles. The number of allylic oxidation sites excluding steroid dienone is 6. The Morgan fingerprint density at radius 3 is 0.866 bits per heavy atom. The molecule has 1 atom stereocenters. The third kappa shape index (κ3) is 54.4. The fraction of sp³-hybridized carbons (Fsp3) is 0.852. The summed E-state index contributed by atoms with van der Waals surface area (Å²) in [5.74, 6) is -0.874. The molecule has 6 nitrogen and oxygen atoms in total. The maximum absolute atomic E-state index is 12.9. The highest BCUT2D eigenvalue weighted by Gasteiger charge is 2.19. The molecule has 0 aliphatic heterocycles. The van der Waals surface area contributed by atoms with Crippen molar-refractivity contribution in [2.24, 2.45) is 0 Å². The van der Waals surface area contributed by atoms with Gasteiger partial charge in [-0.05, 0) is 77.0 Å². The SMILES string of the molecule is CCCCCC=CCC=CCCCCCCCC(=O)OCC(COC(=O)CCCCCCCCCC=CCCCCCCCC)OC(=O)CCCCCCCCCCCCCCCCCCC. The molecule has 0 spiro atoms. The monoisotopic (exact) mass is 941 g/mol. The van der Waals surface area contributed by atoms with Gasteiger partial charge in [0.05, 0.1) is 0 Å². The maximum atomic E-state index is 12.9. The number of rotatable bonds is 54. The normalized spacial score (nSPS) is 12.2. The van der Waals surface area contributed by atoms with Crippen LogP contribution in [0.4, 0.5) is 0 Å². The van der Waals surface area contributed by atoms with Crippen LogP contribution >= 0.6 is 0 Å². The summed E-state index contributed by atoms with van der Waals surface area (Å²) in [6, 6.07) is 0. The number of unbranched alkanes of at least 4 members (excludes halogenated alkanes) is 37. The number of ether oxygens (including phenoxy) is 3. The minimum Gasteiger partial charge on any atom is -0.462 e. The lowest BCUT2D eigenvalue weighted by Gasteiger charge is -2.18. The molecule has 0 aliphatic carbocycles.